The van der Waals surface area contributed by atoms with Crippen LogP contribution in [-0.2, 0) is 4.74 Å². The maximum absolute atomic E-state index is 5.94. The van der Waals surface area contributed by atoms with Gasteiger partial charge in [0.05, 0.1) is 15.8 Å². The van der Waals surface area contributed by atoms with Crippen molar-refractivity contribution < 1.29 is 4.74 Å². The number of halogens is 1. The maximum Gasteiger partial charge on any atom is 0.183 e. The van der Waals surface area contributed by atoms with Crippen molar-refractivity contribution in [2.24, 2.45) is 0 Å². The first-order chi connectivity index (χ1) is 8.50. The van der Waals surface area contributed by atoms with E-state index >= 15 is 0 Å². The van der Waals surface area contributed by atoms with Crippen LogP contribution in [0.5, 0.6) is 0 Å². The van der Waals surface area contributed by atoms with Crippen molar-refractivity contribution in [3.8, 4) is 0 Å². The summed E-state index contributed by atoms with van der Waals surface area (Å²) in [5.74, 6) is 0. The molecule has 3 nitrogen and oxygen atoms in total. The molecule has 0 saturated carbocycles. The summed E-state index contributed by atoms with van der Waals surface area (Å²) in [6.07, 6.45) is 0. The Balaban J connectivity index is 2.08. The van der Waals surface area contributed by atoms with Crippen LogP contribution in [0.25, 0.3) is 10.2 Å². The average molecular weight is 285 g/mol. The molecule has 0 radical (unpaired) electrons. The lowest BCUT2D eigenvalue weighted by molar-refractivity contribution is 0.000698. The molecule has 0 amide bonds. The van der Waals surface area contributed by atoms with Crippen LogP contribution in [0.2, 0.25) is 5.02 Å². The molecule has 0 spiro atoms. The van der Waals surface area contributed by atoms with E-state index in [1.165, 1.54) is 0 Å². The third-order valence-corrected chi connectivity index (χ3v) is 3.78. The fourth-order valence-corrected chi connectivity index (χ4v) is 2.71. The summed E-state index contributed by atoms with van der Waals surface area (Å²) in [6, 6.07) is 5.76. The molecule has 2 aromatic rings. The predicted octanol–water partition coefficient (Wildman–Crippen LogP) is 4.18. The Kier molecular flexibility index (Phi) is 4.10. The second-order valence-electron chi connectivity index (χ2n) is 4.68. The molecule has 0 saturated heterocycles. The van der Waals surface area contributed by atoms with Gasteiger partial charge >= 0.3 is 0 Å². The lowest BCUT2D eigenvalue weighted by Crippen LogP contribution is -2.33. The van der Waals surface area contributed by atoms with Crippen LogP contribution in [0.1, 0.15) is 20.8 Å². The number of anilines is 1. The Morgan fingerprint density at radius 2 is 2.22 bits per heavy atom. The van der Waals surface area contributed by atoms with Crippen molar-refractivity contribution in [2.75, 3.05) is 18.5 Å². The summed E-state index contributed by atoms with van der Waals surface area (Å²) in [5.41, 5.74) is 0.744. The van der Waals surface area contributed by atoms with E-state index in [0.717, 1.165) is 21.9 Å². The summed E-state index contributed by atoms with van der Waals surface area (Å²) in [4.78, 5) is 4.50. The number of rotatable bonds is 5. The standard InChI is InChI=1S/C13H17ClN2OS/c1-4-17-13(2,3)8-15-12-16-10-7-9(14)5-6-11(10)18-12/h5-7H,4,8H2,1-3H3,(H,15,16). The van der Waals surface area contributed by atoms with Gasteiger partial charge < -0.3 is 10.1 Å². The molecule has 0 aliphatic rings. The Morgan fingerprint density at radius 3 is 2.94 bits per heavy atom. The van der Waals surface area contributed by atoms with E-state index < -0.39 is 0 Å². The molecule has 1 aromatic carbocycles. The summed E-state index contributed by atoms with van der Waals surface area (Å²) in [5, 5.41) is 4.94. The van der Waals surface area contributed by atoms with Gasteiger partial charge in [0.2, 0.25) is 0 Å². The first kappa shape index (κ1) is 13.6. The van der Waals surface area contributed by atoms with Gasteiger partial charge in [0, 0.05) is 18.2 Å². The molecule has 0 aliphatic carbocycles. The van der Waals surface area contributed by atoms with Crippen LogP contribution >= 0.6 is 22.9 Å². The van der Waals surface area contributed by atoms with E-state index in [1.54, 1.807) is 11.3 Å². The third kappa shape index (κ3) is 3.34. The molecule has 5 heteroatoms. The zero-order valence-corrected chi connectivity index (χ0v) is 12.4. The van der Waals surface area contributed by atoms with Crippen molar-refractivity contribution in [3.05, 3.63) is 23.2 Å². The van der Waals surface area contributed by atoms with Gasteiger partial charge in [-0.15, -0.1) is 0 Å². The quantitative estimate of drug-likeness (QED) is 0.894. The average Bonchev–Trinajstić information content (AvgIpc) is 2.68. The van der Waals surface area contributed by atoms with Gasteiger partial charge in [-0.25, -0.2) is 4.98 Å². The summed E-state index contributed by atoms with van der Waals surface area (Å²) >= 11 is 7.57. The highest BCUT2D eigenvalue weighted by molar-refractivity contribution is 7.22. The molecule has 18 heavy (non-hydrogen) atoms. The zero-order valence-electron chi connectivity index (χ0n) is 10.8. The maximum atomic E-state index is 5.94. The number of hydrogen-bond donors (Lipinski definition) is 1. The van der Waals surface area contributed by atoms with E-state index in [9.17, 15) is 0 Å². The van der Waals surface area contributed by atoms with Crippen molar-refractivity contribution in [1.29, 1.82) is 0 Å². The Bertz CT molecular complexity index is 539. The number of ether oxygens (including phenoxy) is 1. The third-order valence-electron chi connectivity index (χ3n) is 2.55. The molecule has 98 valence electrons. The van der Waals surface area contributed by atoms with E-state index in [2.05, 4.69) is 24.1 Å². The molecule has 0 bridgehead atoms. The minimum Gasteiger partial charge on any atom is -0.374 e. The number of nitrogens with one attached hydrogen (secondary N) is 1. The Hall–Kier alpha value is -0.840. The number of fused-ring (bicyclic) bond motifs is 1. The molecule has 2 rings (SSSR count). The monoisotopic (exact) mass is 284 g/mol. The smallest absolute Gasteiger partial charge is 0.183 e. The van der Waals surface area contributed by atoms with E-state index in [-0.39, 0.29) is 5.60 Å². The van der Waals surface area contributed by atoms with Crippen LogP contribution in [0.3, 0.4) is 0 Å². The SMILES string of the molecule is CCOC(C)(C)CNc1nc2cc(Cl)ccc2s1. The van der Waals surface area contributed by atoms with Gasteiger partial charge in [-0.05, 0) is 39.0 Å². The van der Waals surface area contributed by atoms with Gasteiger partial charge in [0.25, 0.3) is 0 Å². The number of nitrogens with zero attached hydrogens (tertiary/aromatic N) is 1. The molecule has 1 N–H and O–H groups in total. The summed E-state index contributed by atoms with van der Waals surface area (Å²) < 4.78 is 6.77. The minimum atomic E-state index is -0.190. The summed E-state index contributed by atoms with van der Waals surface area (Å²) in [7, 11) is 0. The number of aromatic nitrogens is 1. The van der Waals surface area contributed by atoms with Crippen molar-refractivity contribution >= 4 is 38.3 Å². The molecule has 0 unspecified atom stereocenters. The number of hydrogen-bond acceptors (Lipinski definition) is 4. The lowest BCUT2D eigenvalue weighted by atomic mass is 10.1. The van der Waals surface area contributed by atoms with Gasteiger partial charge in [0.15, 0.2) is 5.13 Å². The fourth-order valence-electron chi connectivity index (χ4n) is 1.71. The van der Waals surface area contributed by atoms with Crippen molar-refractivity contribution in [1.82, 2.24) is 4.98 Å². The minimum absolute atomic E-state index is 0.190. The molecule has 1 heterocycles. The van der Waals surface area contributed by atoms with Gasteiger partial charge in [-0.1, -0.05) is 22.9 Å². The van der Waals surface area contributed by atoms with Gasteiger partial charge in [0.1, 0.15) is 0 Å². The van der Waals surface area contributed by atoms with Crippen LogP contribution in [-0.4, -0.2) is 23.7 Å². The van der Waals surface area contributed by atoms with E-state index in [1.807, 2.05) is 25.1 Å². The van der Waals surface area contributed by atoms with Crippen LogP contribution in [0.15, 0.2) is 18.2 Å². The Morgan fingerprint density at radius 1 is 1.44 bits per heavy atom. The second kappa shape index (κ2) is 5.43. The first-order valence-electron chi connectivity index (χ1n) is 5.94. The fraction of sp³-hybridized carbons (Fsp3) is 0.462. The molecular weight excluding hydrogens is 268 g/mol. The molecule has 0 atom stereocenters. The largest absolute Gasteiger partial charge is 0.374 e. The van der Waals surface area contributed by atoms with E-state index in [4.69, 9.17) is 16.3 Å². The topological polar surface area (TPSA) is 34.1 Å². The molecule has 0 fully saturated rings. The van der Waals surface area contributed by atoms with Gasteiger partial charge in [-0.3, -0.25) is 0 Å². The highest BCUT2D eigenvalue weighted by Gasteiger charge is 2.17. The second-order valence-corrected chi connectivity index (χ2v) is 6.14. The van der Waals surface area contributed by atoms with Crippen molar-refractivity contribution in [3.63, 3.8) is 0 Å². The van der Waals surface area contributed by atoms with Gasteiger partial charge in [-0.2, -0.15) is 0 Å². The molecular formula is C13H17ClN2OS. The number of thiazole rings is 1. The van der Waals surface area contributed by atoms with Crippen LogP contribution in [0, 0.1) is 0 Å². The zero-order chi connectivity index (χ0) is 13.2. The molecule has 0 aliphatic heterocycles. The van der Waals surface area contributed by atoms with Crippen LogP contribution < -0.4 is 5.32 Å². The van der Waals surface area contributed by atoms with Crippen molar-refractivity contribution in [2.45, 2.75) is 26.4 Å². The Labute approximate surface area is 116 Å². The highest BCUT2D eigenvalue weighted by Crippen LogP contribution is 2.28. The number of benzene rings is 1. The lowest BCUT2D eigenvalue weighted by Gasteiger charge is -2.24. The van der Waals surface area contributed by atoms with E-state index in [0.29, 0.717) is 11.6 Å². The highest BCUT2D eigenvalue weighted by atomic mass is 35.5. The molecule has 1 aromatic heterocycles. The normalized spacial score (nSPS) is 12.0. The first-order valence-corrected chi connectivity index (χ1v) is 7.13. The summed E-state index contributed by atoms with van der Waals surface area (Å²) in [6.45, 7) is 7.57. The van der Waals surface area contributed by atoms with Crippen LogP contribution in [0.4, 0.5) is 5.13 Å². The predicted molar refractivity (Wildman–Crippen MR) is 78.8 cm³/mol.